The highest BCUT2D eigenvalue weighted by atomic mass is 127. The molecular formula is C15H24IN. The molecule has 2 heteroatoms. The first kappa shape index (κ1) is 15.0. The minimum absolute atomic E-state index is 0.741. The lowest BCUT2D eigenvalue weighted by Crippen LogP contribution is -2.27. The van der Waals surface area contributed by atoms with Crippen molar-refractivity contribution in [1.82, 2.24) is 5.32 Å². The Labute approximate surface area is 120 Å². The molecule has 1 unspecified atom stereocenters. The number of rotatable bonds is 7. The summed E-state index contributed by atoms with van der Waals surface area (Å²) in [5.41, 5.74) is 1.46. The largest absolute Gasteiger partial charge is 0.316 e. The number of nitrogens with one attached hydrogen (secondary N) is 1. The van der Waals surface area contributed by atoms with Gasteiger partial charge in [0.05, 0.1) is 0 Å². The quantitative estimate of drug-likeness (QED) is 0.734. The van der Waals surface area contributed by atoms with Gasteiger partial charge in [-0.1, -0.05) is 39.3 Å². The summed E-state index contributed by atoms with van der Waals surface area (Å²) in [4.78, 5) is 0. The third-order valence-electron chi connectivity index (χ3n) is 3.00. The van der Waals surface area contributed by atoms with Crippen molar-refractivity contribution >= 4 is 22.6 Å². The number of hydrogen-bond donors (Lipinski definition) is 1. The Morgan fingerprint density at radius 3 is 2.29 bits per heavy atom. The second-order valence-electron chi connectivity index (χ2n) is 5.16. The molecule has 1 N–H and O–H groups in total. The van der Waals surface area contributed by atoms with E-state index in [0.717, 1.165) is 24.9 Å². The van der Waals surface area contributed by atoms with E-state index in [0.29, 0.717) is 0 Å². The van der Waals surface area contributed by atoms with Gasteiger partial charge >= 0.3 is 0 Å². The van der Waals surface area contributed by atoms with Gasteiger partial charge < -0.3 is 5.32 Å². The van der Waals surface area contributed by atoms with Gasteiger partial charge in [0, 0.05) is 3.57 Å². The van der Waals surface area contributed by atoms with Crippen LogP contribution in [0.15, 0.2) is 24.3 Å². The SMILES string of the molecule is CCC(CNCC(C)C)Cc1ccc(I)cc1. The third-order valence-corrected chi connectivity index (χ3v) is 3.72. The van der Waals surface area contributed by atoms with Crippen molar-refractivity contribution in [3.05, 3.63) is 33.4 Å². The van der Waals surface area contributed by atoms with Crippen LogP contribution in [-0.2, 0) is 6.42 Å². The van der Waals surface area contributed by atoms with Crippen molar-refractivity contribution in [3.8, 4) is 0 Å². The molecule has 1 nitrogen and oxygen atoms in total. The van der Waals surface area contributed by atoms with Crippen LogP contribution < -0.4 is 5.32 Å². The molecule has 0 radical (unpaired) electrons. The van der Waals surface area contributed by atoms with Crippen LogP contribution in [0.25, 0.3) is 0 Å². The van der Waals surface area contributed by atoms with Gasteiger partial charge in [0.1, 0.15) is 0 Å². The van der Waals surface area contributed by atoms with Gasteiger partial charge in [-0.2, -0.15) is 0 Å². The van der Waals surface area contributed by atoms with E-state index in [1.54, 1.807) is 0 Å². The van der Waals surface area contributed by atoms with Gasteiger partial charge in [-0.25, -0.2) is 0 Å². The molecule has 1 aromatic rings. The van der Waals surface area contributed by atoms with Crippen LogP contribution in [0, 0.1) is 15.4 Å². The summed E-state index contributed by atoms with van der Waals surface area (Å²) in [6.07, 6.45) is 2.44. The summed E-state index contributed by atoms with van der Waals surface area (Å²) in [7, 11) is 0. The van der Waals surface area contributed by atoms with E-state index in [1.165, 1.54) is 22.0 Å². The molecule has 0 aliphatic carbocycles. The number of halogens is 1. The van der Waals surface area contributed by atoms with E-state index in [2.05, 4.69) is 72.9 Å². The zero-order chi connectivity index (χ0) is 12.7. The number of benzene rings is 1. The first-order chi connectivity index (χ1) is 8.11. The smallest absolute Gasteiger partial charge is 0.0130 e. The Bertz CT molecular complexity index is 305. The minimum Gasteiger partial charge on any atom is -0.316 e. The second-order valence-corrected chi connectivity index (χ2v) is 6.40. The van der Waals surface area contributed by atoms with Gasteiger partial charge in [-0.15, -0.1) is 0 Å². The van der Waals surface area contributed by atoms with Gasteiger partial charge in [-0.3, -0.25) is 0 Å². The molecule has 1 rings (SSSR count). The zero-order valence-corrected chi connectivity index (χ0v) is 13.3. The Balaban J connectivity index is 2.38. The van der Waals surface area contributed by atoms with Gasteiger partial charge in [0.15, 0.2) is 0 Å². The highest BCUT2D eigenvalue weighted by Gasteiger charge is 2.07. The van der Waals surface area contributed by atoms with E-state index in [1.807, 2.05) is 0 Å². The molecule has 0 heterocycles. The van der Waals surface area contributed by atoms with Crippen LogP contribution in [0.5, 0.6) is 0 Å². The van der Waals surface area contributed by atoms with Crippen LogP contribution >= 0.6 is 22.6 Å². The van der Waals surface area contributed by atoms with E-state index in [4.69, 9.17) is 0 Å². The molecule has 0 aromatic heterocycles. The second kappa shape index (κ2) is 8.09. The molecule has 96 valence electrons. The van der Waals surface area contributed by atoms with Crippen molar-refractivity contribution in [1.29, 1.82) is 0 Å². The van der Waals surface area contributed by atoms with Crippen LogP contribution in [0.2, 0.25) is 0 Å². The lowest BCUT2D eigenvalue weighted by Gasteiger charge is -2.17. The average Bonchev–Trinajstić information content (AvgIpc) is 2.30. The Morgan fingerprint density at radius 2 is 1.76 bits per heavy atom. The number of hydrogen-bond acceptors (Lipinski definition) is 1. The Morgan fingerprint density at radius 1 is 1.12 bits per heavy atom. The Hall–Kier alpha value is -0.0900. The predicted octanol–water partition coefficient (Wildman–Crippen LogP) is 4.11. The molecule has 0 aliphatic heterocycles. The maximum Gasteiger partial charge on any atom is 0.0130 e. The third kappa shape index (κ3) is 6.41. The minimum atomic E-state index is 0.741. The highest BCUT2D eigenvalue weighted by molar-refractivity contribution is 14.1. The molecule has 0 fully saturated rings. The molecule has 1 atom stereocenters. The summed E-state index contributed by atoms with van der Waals surface area (Å²) in [6.45, 7) is 9.07. The molecule has 17 heavy (non-hydrogen) atoms. The summed E-state index contributed by atoms with van der Waals surface area (Å²) in [6, 6.07) is 8.91. The molecule has 0 spiro atoms. The van der Waals surface area contributed by atoms with E-state index in [-0.39, 0.29) is 0 Å². The fourth-order valence-corrected chi connectivity index (χ4v) is 2.25. The van der Waals surface area contributed by atoms with Crippen LogP contribution in [-0.4, -0.2) is 13.1 Å². The summed E-state index contributed by atoms with van der Waals surface area (Å²) < 4.78 is 1.32. The average molecular weight is 345 g/mol. The van der Waals surface area contributed by atoms with E-state index >= 15 is 0 Å². The topological polar surface area (TPSA) is 12.0 Å². The lowest BCUT2D eigenvalue weighted by atomic mass is 9.97. The van der Waals surface area contributed by atoms with Crippen LogP contribution in [0.3, 0.4) is 0 Å². The van der Waals surface area contributed by atoms with Gasteiger partial charge in [0.2, 0.25) is 0 Å². The van der Waals surface area contributed by atoms with E-state index < -0.39 is 0 Å². The van der Waals surface area contributed by atoms with Crippen LogP contribution in [0.1, 0.15) is 32.8 Å². The molecular weight excluding hydrogens is 321 g/mol. The lowest BCUT2D eigenvalue weighted by molar-refractivity contribution is 0.437. The summed E-state index contributed by atoms with van der Waals surface area (Å²) in [5, 5.41) is 3.57. The first-order valence-electron chi connectivity index (χ1n) is 6.57. The molecule has 1 aromatic carbocycles. The molecule has 0 bridgehead atoms. The molecule has 0 saturated heterocycles. The van der Waals surface area contributed by atoms with Crippen molar-refractivity contribution in [2.45, 2.75) is 33.6 Å². The molecule has 0 saturated carbocycles. The predicted molar refractivity (Wildman–Crippen MR) is 84.4 cm³/mol. The van der Waals surface area contributed by atoms with Crippen LogP contribution in [0.4, 0.5) is 0 Å². The fraction of sp³-hybridized carbons (Fsp3) is 0.600. The fourth-order valence-electron chi connectivity index (χ4n) is 1.89. The normalized spacial score (nSPS) is 13.0. The molecule has 0 amide bonds. The van der Waals surface area contributed by atoms with Crippen molar-refractivity contribution in [3.63, 3.8) is 0 Å². The van der Waals surface area contributed by atoms with Crippen molar-refractivity contribution in [2.24, 2.45) is 11.8 Å². The Kier molecular flexibility index (Phi) is 7.12. The molecule has 0 aliphatic rings. The van der Waals surface area contributed by atoms with Gasteiger partial charge in [0.25, 0.3) is 0 Å². The van der Waals surface area contributed by atoms with Gasteiger partial charge in [-0.05, 0) is 71.6 Å². The monoisotopic (exact) mass is 345 g/mol. The standard InChI is InChI=1S/C15H24IN/c1-4-13(11-17-10-12(2)3)9-14-5-7-15(16)8-6-14/h5-8,12-13,17H,4,9-11H2,1-3H3. The highest BCUT2D eigenvalue weighted by Crippen LogP contribution is 2.13. The summed E-state index contributed by atoms with van der Waals surface area (Å²) in [5.74, 6) is 1.50. The maximum atomic E-state index is 3.57. The van der Waals surface area contributed by atoms with Crippen molar-refractivity contribution in [2.75, 3.05) is 13.1 Å². The zero-order valence-electron chi connectivity index (χ0n) is 11.2. The maximum absolute atomic E-state index is 3.57. The van der Waals surface area contributed by atoms with Crippen molar-refractivity contribution < 1.29 is 0 Å². The first-order valence-corrected chi connectivity index (χ1v) is 7.64. The van der Waals surface area contributed by atoms with E-state index in [9.17, 15) is 0 Å². The summed E-state index contributed by atoms with van der Waals surface area (Å²) >= 11 is 2.36.